The second-order valence-corrected chi connectivity index (χ2v) is 11.5. The van der Waals surface area contributed by atoms with Crippen LogP contribution in [-0.4, -0.2) is 16.2 Å². The summed E-state index contributed by atoms with van der Waals surface area (Å²) in [6.07, 6.45) is 4.20. The first-order valence-electron chi connectivity index (χ1n) is 11.1. The van der Waals surface area contributed by atoms with E-state index < -0.39 is 9.04 Å². The van der Waals surface area contributed by atoms with Crippen LogP contribution >= 0.6 is 0 Å². The second kappa shape index (κ2) is 10.6. The van der Waals surface area contributed by atoms with Gasteiger partial charge < -0.3 is 13.9 Å². The number of ether oxygens (including phenoxy) is 2. The third-order valence-corrected chi connectivity index (χ3v) is 5.80. The van der Waals surface area contributed by atoms with Gasteiger partial charge in [-0.15, -0.1) is 0 Å². The van der Waals surface area contributed by atoms with Crippen molar-refractivity contribution in [3.8, 4) is 17.2 Å². The normalized spacial score (nSPS) is 11.7. The lowest BCUT2D eigenvalue weighted by molar-refractivity contribution is 0.306. The van der Waals surface area contributed by atoms with E-state index in [0.29, 0.717) is 6.61 Å². The molecule has 0 bridgehead atoms. The molecule has 0 N–H and O–H groups in total. The molecule has 0 aliphatic rings. The zero-order chi connectivity index (χ0) is 23.1. The Morgan fingerprint density at radius 1 is 0.812 bits per heavy atom. The van der Waals surface area contributed by atoms with Crippen molar-refractivity contribution in [1.29, 1.82) is 0 Å². The van der Waals surface area contributed by atoms with Crippen molar-refractivity contribution in [2.45, 2.75) is 45.9 Å². The van der Waals surface area contributed by atoms with Crippen LogP contribution in [0.25, 0.3) is 12.2 Å². The predicted molar refractivity (Wildman–Crippen MR) is 137 cm³/mol. The fourth-order valence-electron chi connectivity index (χ4n) is 3.46. The van der Waals surface area contributed by atoms with E-state index in [1.54, 1.807) is 7.11 Å². The van der Waals surface area contributed by atoms with Crippen molar-refractivity contribution in [2.75, 3.05) is 7.11 Å². The molecule has 4 heteroatoms. The monoisotopic (exact) mass is 446 g/mol. The maximum Gasteiger partial charge on any atom is 0.229 e. The third kappa shape index (κ3) is 6.27. The van der Waals surface area contributed by atoms with Gasteiger partial charge in [0, 0.05) is 11.1 Å². The summed E-state index contributed by atoms with van der Waals surface area (Å²) in [6.45, 7) is 11.5. The Bertz CT molecular complexity index is 1030. The molecule has 3 aromatic carbocycles. The summed E-state index contributed by atoms with van der Waals surface area (Å²) in [5.41, 5.74) is 4.41. The first-order valence-corrected chi connectivity index (χ1v) is 13.9. The van der Waals surface area contributed by atoms with Gasteiger partial charge in [-0.3, -0.25) is 0 Å². The number of methoxy groups -OCH3 is 1. The van der Waals surface area contributed by atoms with Crippen molar-refractivity contribution >= 4 is 21.2 Å². The molecule has 0 saturated heterocycles. The molecule has 3 aromatic rings. The molecule has 0 aromatic heterocycles. The zero-order valence-electron chi connectivity index (χ0n) is 20.0. The van der Waals surface area contributed by atoms with Crippen LogP contribution in [0.3, 0.4) is 0 Å². The molecule has 32 heavy (non-hydrogen) atoms. The lowest BCUT2D eigenvalue weighted by Crippen LogP contribution is -2.17. The Kier molecular flexibility index (Phi) is 7.81. The van der Waals surface area contributed by atoms with Gasteiger partial charge in [-0.25, -0.2) is 0 Å². The number of rotatable bonds is 8. The van der Waals surface area contributed by atoms with Gasteiger partial charge in [0.2, 0.25) is 9.04 Å². The van der Waals surface area contributed by atoms with Crippen LogP contribution in [-0.2, 0) is 12.0 Å². The Morgan fingerprint density at radius 2 is 1.50 bits per heavy atom. The molecule has 168 valence electrons. The van der Waals surface area contributed by atoms with Crippen molar-refractivity contribution in [1.82, 2.24) is 0 Å². The van der Waals surface area contributed by atoms with Crippen LogP contribution in [0.4, 0.5) is 0 Å². The van der Waals surface area contributed by atoms with E-state index in [1.165, 1.54) is 0 Å². The lowest BCUT2D eigenvalue weighted by Gasteiger charge is -2.26. The smallest absolute Gasteiger partial charge is 0.229 e. The maximum absolute atomic E-state index is 6.33. The molecule has 0 amide bonds. The van der Waals surface area contributed by atoms with Gasteiger partial charge in [0.15, 0.2) is 11.5 Å². The molecule has 0 aliphatic carbocycles. The largest absolute Gasteiger partial charge is 0.544 e. The van der Waals surface area contributed by atoms with Crippen LogP contribution in [0.15, 0.2) is 66.7 Å². The summed E-state index contributed by atoms with van der Waals surface area (Å²) >= 11 is 0. The van der Waals surface area contributed by atoms with Crippen LogP contribution < -0.4 is 13.9 Å². The van der Waals surface area contributed by atoms with E-state index in [-0.39, 0.29) is 5.41 Å². The van der Waals surface area contributed by atoms with Gasteiger partial charge >= 0.3 is 0 Å². The van der Waals surface area contributed by atoms with Crippen LogP contribution in [0, 0.1) is 0 Å². The van der Waals surface area contributed by atoms with E-state index >= 15 is 0 Å². The minimum absolute atomic E-state index is 0.0280. The van der Waals surface area contributed by atoms with Gasteiger partial charge in [-0.05, 0) is 41.8 Å². The Morgan fingerprint density at radius 3 is 2.09 bits per heavy atom. The van der Waals surface area contributed by atoms with Crippen molar-refractivity contribution in [3.63, 3.8) is 0 Å². The highest BCUT2D eigenvalue weighted by molar-refractivity contribution is 6.49. The summed E-state index contributed by atoms with van der Waals surface area (Å²) in [5, 5.41) is 0. The Labute approximate surface area is 194 Å². The number of hydrogen-bond donors (Lipinski definition) is 0. The highest BCUT2D eigenvalue weighted by atomic mass is 28.3. The van der Waals surface area contributed by atoms with Crippen molar-refractivity contribution in [2.24, 2.45) is 0 Å². The zero-order valence-corrected chi connectivity index (χ0v) is 21.2. The van der Waals surface area contributed by atoms with E-state index in [9.17, 15) is 0 Å². The average molecular weight is 447 g/mol. The highest BCUT2D eigenvalue weighted by Crippen LogP contribution is 2.41. The topological polar surface area (TPSA) is 27.7 Å². The van der Waals surface area contributed by atoms with Crippen molar-refractivity contribution in [3.05, 3.63) is 89.0 Å². The van der Waals surface area contributed by atoms with Crippen LogP contribution in [0.1, 0.15) is 43.0 Å². The standard InChI is InChI=1S/C28H34O3Si/c1-28(2,3)25-19-16-23(26(27(25)29-4)31-32(5)6)15-12-21-13-17-24(18-14-21)30-20-22-10-8-7-9-11-22/h7-19,32H,20H2,1-6H3. The molecular formula is C28H34O3Si. The molecule has 3 nitrogen and oxygen atoms in total. The lowest BCUT2D eigenvalue weighted by atomic mass is 9.85. The Balaban J connectivity index is 1.80. The van der Waals surface area contributed by atoms with Gasteiger partial charge in [0.05, 0.1) is 7.11 Å². The summed E-state index contributed by atoms with van der Waals surface area (Å²) in [7, 11) is 0.411. The second-order valence-electron chi connectivity index (χ2n) is 9.16. The number of benzene rings is 3. The van der Waals surface area contributed by atoms with E-state index in [1.807, 2.05) is 30.3 Å². The third-order valence-electron chi connectivity index (χ3n) is 5.09. The maximum atomic E-state index is 6.33. The predicted octanol–water partition coefficient (Wildman–Crippen LogP) is 7.10. The van der Waals surface area contributed by atoms with Gasteiger partial charge in [-0.1, -0.05) is 87.5 Å². The van der Waals surface area contributed by atoms with Crippen LogP contribution in [0.5, 0.6) is 17.2 Å². The highest BCUT2D eigenvalue weighted by Gasteiger charge is 2.24. The molecule has 0 fully saturated rings. The van der Waals surface area contributed by atoms with E-state index in [4.69, 9.17) is 13.9 Å². The van der Waals surface area contributed by atoms with E-state index in [2.05, 4.69) is 82.4 Å². The molecular weight excluding hydrogens is 412 g/mol. The summed E-state index contributed by atoms with van der Waals surface area (Å²) in [4.78, 5) is 0. The summed E-state index contributed by atoms with van der Waals surface area (Å²) < 4.78 is 18.0. The van der Waals surface area contributed by atoms with Gasteiger partial charge in [0.25, 0.3) is 0 Å². The molecule has 0 spiro atoms. The molecule has 0 unspecified atom stereocenters. The first-order chi connectivity index (χ1) is 15.3. The fourth-order valence-corrected chi connectivity index (χ4v) is 4.18. The summed E-state index contributed by atoms with van der Waals surface area (Å²) in [6, 6.07) is 22.6. The molecule has 0 radical (unpaired) electrons. The minimum atomic E-state index is -1.31. The minimum Gasteiger partial charge on any atom is -0.544 e. The SMILES string of the molecule is COc1c(C(C)(C)C)ccc(C=Cc2ccc(OCc3ccccc3)cc2)c1O[SiH](C)C. The first kappa shape index (κ1) is 23.7. The fraction of sp³-hybridized carbons (Fsp3) is 0.286. The van der Waals surface area contributed by atoms with Gasteiger partial charge in [0.1, 0.15) is 12.4 Å². The van der Waals surface area contributed by atoms with Gasteiger partial charge in [-0.2, -0.15) is 0 Å². The number of hydrogen-bond acceptors (Lipinski definition) is 3. The quantitative estimate of drug-likeness (QED) is 0.273. The molecule has 0 atom stereocenters. The Hall–Kier alpha value is -2.98. The van der Waals surface area contributed by atoms with E-state index in [0.717, 1.165) is 39.5 Å². The average Bonchev–Trinajstić information content (AvgIpc) is 2.77. The van der Waals surface area contributed by atoms with Crippen molar-refractivity contribution < 1.29 is 13.9 Å². The molecule has 0 saturated carbocycles. The molecule has 0 heterocycles. The summed E-state index contributed by atoms with van der Waals surface area (Å²) in [5.74, 6) is 2.54. The molecule has 0 aliphatic heterocycles. The van der Waals surface area contributed by atoms with Crippen LogP contribution in [0.2, 0.25) is 13.1 Å². The molecule has 3 rings (SSSR count).